The van der Waals surface area contributed by atoms with Crippen LogP contribution in [-0.4, -0.2) is 27.5 Å². The van der Waals surface area contributed by atoms with E-state index >= 15 is 0 Å². The Labute approximate surface area is 137 Å². The number of hydrogen-bond donors (Lipinski definition) is 2. The quantitative estimate of drug-likeness (QED) is 0.905. The Morgan fingerprint density at radius 3 is 2.13 bits per heavy atom. The first kappa shape index (κ1) is 18.0. The zero-order valence-electron chi connectivity index (χ0n) is 14.9. The number of aromatic nitrogens is 1. The molecule has 0 bridgehead atoms. The molecule has 2 aromatic rings. The van der Waals surface area contributed by atoms with Crippen molar-refractivity contribution in [2.45, 2.75) is 65.0 Å². The van der Waals surface area contributed by atoms with Crippen molar-refractivity contribution < 1.29 is 14.6 Å². The van der Waals surface area contributed by atoms with Crippen LogP contribution in [0.5, 0.6) is 0 Å². The highest BCUT2D eigenvalue weighted by Crippen LogP contribution is 2.34. The van der Waals surface area contributed by atoms with Crippen molar-refractivity contribution in [3.05, 3.63) is 35.3 Å². The lowest BCUT2D eigenvalue weighted by Gasteiger charge is -2.23. The summed E-state index contributed by atoms with van der Waals surface area (Å²) >= 11 is 0. The number of hydrogen-bond acceptors (Lipinski definition) is 2. The summed E-state index contributed by atoms with van der Waals surface area (Å²) in [4.78, 5) is 0. The molecule has 0 spiro atoms. The lowest BCUT2D eigenvalue weighted by atomic mass is 9.86. The van der Waals surface area contributed by atoms with Crippen LogP contribution in [-0.2, 0) is 17.4 Å². The number of benzene rings is 1. The van der Waals surface area contributed by atoms with Gasteiger partial charge in [-0.3, -0.25) is 0 Å². The number of aliphatic hydroxyl groups is 2. The minimum absolute atomic E-state index is 0.146. The van der Waals surface area contributed by atoms with E-state index in [0.717, 1.165) is 16.6 Å². The lowest BCUT2D eigenvalue weighted by molar-refractivity contribution is 0.0810. The molecule has 3 nitrogen and oxygen atoms in total. The van der Waals surface area contributed by atoms with Crippen LogP contribution in [0, 0.1) is 5.82 Å². The second-order valence-corrected chi connectivity index (χ2v) is 8.37. The van der Waals surface area contributed by atoms with Gasteiger partial charge in [-0.15, -0.1) is 0 Å². The summed E-state index contributed by atoms with van der Waals surface area (Å²) in [6.07, 6.45) is -0.864. The van der Waals surface area contributed by atoms with Gasteiger partial charge in [-0.1, -0.05) is 41.5 Å². The van der Waals surface area contributed by atoms with Crippen LogP contribution in [0.25, 0.3) is 10.9 Å². The molecule has 1 aromatic carbocycles. The molecule has 0 saturated carbocycles. The Kier molecular flexibility index (Phi) is 4.62. The summed E-state index contributed by atoms with van der Waals surface area (Å²) in [7, 11) is 0. The molecule has 0 amide bonds. The standard InChI is InChI=1S/C19H28FNO2/c1-18(2,3)14-7-12-8-17(19(4,5)6)21(10-13(23)11-22)16(12)9-15(14)20/h7-9,13,22-23H,10-11H2,1-6H3. The summed E-state index contributed by atoms with van der Waals surface area (Å²) in [6.45, 7) is 12.2. The van der Waals surface area contributed by atoms with Crippen molar-refractivity contribution in [3.8, 4) is 0 Å². The molecule has 23 heavy (non-hydrogen) atoms. The zero-order valence-corrected chi connectivity index (χ0v) is 14.9. The molecule has 1 atom stereocenters. The van der Waals surface area contributed by atoms with Gasteiger partial charge in [0.2, 0.25) is 0 Å². The summed E-state index contributed by atoms with van der Waals surface area (Å²) in [5, 5.41) is 20.0. The summed E-state index contributed by atoms with van der Waals surface area (Å²) in [5.41, 5.74) is 2.04. The summed E-state index contributed by atoms with van der Waals surface area (Å²) in [5.74, 6) is -0.233. The monoisotopic (exact) mass is 321 g/mol. The predicted octanol–water partition coefficient (Wildman–Crippen LogP) is 3.73. The van der Waals surface area contributed by atoms with E-state index in [0.29, 0.717) is 5.56 Å². The molecule has 0 radical (unpaired) electrons. The molecule has 1 aromatic heterocycles. The average molecular weight is 321 g/mol. The van der Waals surface area contributed by atoms with Crippen molar-refractivity contribution in [3.63, 3.8) is 0 Å². The predicted molar refractivity (Wildman–Crippen MR) is 92.4 cm³/mol. The van der Waals surface area contributed by atoms with Crippen LogP contribution in [0.15, 0.2) is 18.2 Å². The molecular formula is C19H28FNO2. The van der Waals surface area contributed by atoms with Crippen molar-refractivity contribution in [2.24, 2.45) is 0 Å². The maximum Gasteiger partial charge on any atom is 0.129 e. The number of aliphatic hydroxyl groups excluding tert-OH is 2. The Balaban J connectivity index is 2.73. The molecule has 0 fully saturated rings. The van der Waals surface area contributed by atoms with Gasteiger partial charge in [-0.25, -0.2) is 4.39 Å². The zero-order chi connectivity index (χ0) is 17.6. The van der Waals surface area contributed by atoms with Crippen LogP contribution in [0.2, 0.25) is 0 Å². The molecule has 2 rings (SSSR count). The third-order valence-corrected chi connectivity index (χ3v) is 4.17. The minimum Gasteiger partial charge on any atom is -0.394 e. The van der Waals surface area contributed by atoms with Crippen LogP contribution in [0.3, 0.4) is 0 Å². The lowest BCUT2D eigenvalue weighted by Crippen LogP contribution is -2.25. The van der Waals surface area contributed by atoms with E-state index in [-0.39, 0.29) is 29.8 Å². The second-order valence-electron chi connectivity index (χ2n) is 8.37. The molecule has 128 valence electrons. The minimum atomic E-state index is -0.864. The fraction of sp³-hybridized carbons (Fsp3) is 0.579. The fourth-order valence-corrected chi connectivity index (χ4v) is 2.95. The Morgan fingerprint density at radius 2 is 1.65 bits per heavy atom. The van der Waals surface area contributed by atoms with Crippen molar-refractivity contribution in [1.82, 2.24) is 4.57 Å². The summed E-state index contributed by atoms with van der Waals surface area (Å²) < 4.78 is 16.5. The van der Waals surface area contributed by atoms with Crippen LogP contribution >= 0.6 is 0 Å². The third-order valence-electron chi connectivity index (χ3n) is 4.17. The molecule has 0 saturated heterocycles. The fourth-order valence-electron chi connectivity index (χ4n) is 2.95. The number of fused-ring (bicyclic) bond motifs is 1. The maximum atomic E-state index is 14.6. The smallest absolute Gasteiger partial charge is 0.129 e. The van der Waals surface area contributed by atoms with Gasteiger partial charge in [0.15, 0.2) is 0 Å². The maximum absolute atomic E-state index is 14.6. The van der Waals surface area contributed by atoms with Crippen molar-refractivity contribution in [1.29, 1.82) is 0 Å². The highest BCUT2D eigenvalue weighted by Gasteiger charge is 2.25. The molecule has 0 aliphatic heterocycles. The summed E-state index contributed by atoms with van der Waals surface area (Å²) in [6, 6.07) is 5.52. The van der Waals surface area contributed by atoms with E-state index in [1.165, 1.54) is 0 Å². The molecular weight excluding hydrogens is 293 g/mol. The van der Waals surface area contributed by atoms with Gasteiger partial charge < -0.3 is 14.8 Å². The van der Waals surface area contributed by atoms with E-state index in [9.17, 15) is 9.50 Å². The molecule has 0 aliphatic rings. The highest BCUT2D eigenvalue weighted by molar-refractivity contribution is 5.83. The number of nitrogens with zero attached hydrogens (tertiary/aromatic N) is 1. The highest BCUT2D eigenvalue weighted by atomic mass is 19.1. The molecule has 1 heterocycles. The number of halogens is 1. The van der Waals surface area contributed by atoms with Gasteiger partial charge in [0, 0.05) is 16.5 Å². The first-order valence-corrected chi connectivity index (χ1v) is 8.08. The Bertz CT molecular complexity index is 705. The van der Waals surface area contributed by atoms with Gasteiger partial charge in [-0.2, -0.15) is 0 Å². The third kappa shape index (κ3) is 3.59. The number of rotatable bonds is 3. The first-order chi connectivity index (χ1) is 10.4. The van der Waals surface area contributed by atoms with Crippen LogP contribution < -0.4 is 0 Å². The van der Waals surface area contributed by atoms with Crippen LogP contribution in [0.1, 0.15) is 52.8 Å². The normalized spacial score (nSPS) is 14.5. The molecule has 4 heteroatoms. The van der Waals surface area contributed by atoms with Gasteiger partial charge in [0.1, 0.15) is 5.82 Å². The van der Waals surface area contributed by atoms with E-state index in [4.69, 9.17) is 5.11 Å². The second kappa shape index (κ2) is 5.91. The van der Waals surface area contributed by atoms with E-state index in [1.54, 1.807) is 6.07 Å². The van der Waals surface area contributed by atoms with Gasteiger partial charge >= 0.3 is 0 Å². The van der Waals surface area contributed by atoms with Crippen LogP contribution in [0.4, 0.5) is 4.39 Å². The average Bonchev–Trinajstić information content (AvgIpc) is 2.74. The van der Waals surface area contributed by atoms with Crippen molar-refractivity contribution in [2.75, 3.05) is 6.61 Å². The molecule has 0 aliphatic carbocycles. The van der Waals surface area contributed by atoms with E-state index < -0.39 is 6.10 Å². The Morgan fingerprint density at radius 1 is 1.04 bits per heavy atom. The molecule has 2 N–H and O–H groups in total. The largest absolute Gasteiger partial charge is 0.394 e. The SMILES string of the molecule is CC(C)(C)c1cc2cc(C(C)(C)C)n(CC(O)CO)c2cc1F. The van der Waals surface area contributed by atoms with Gasteiger partial charge in [0.25, 0.3) is 0 Å². The van der Waals surface area contributed by atoms with Crippen molar-refractivity contribution >= 4 is 10.9 Å². The topological polar surface area (TPSA) is 45.4 Å². The van der Waals surface area contributed by atoms with Gasteiger partial charge in [-0.05, 0) is 29.2 Å². The first-order valence-electron chi connectivity index (χ1n) is 8.08. The van der Waals surface area contributed by atoms with Gasteiger partial charge in [0.05, 0.1) is 24.8 Å². The molecule has 1 unspecified atom stereocenters. The van der Waals surface area contributed by atoms with E-state index in [1.807, 2.05) is 31.4 Å². The Hall–Kier alpha value is -1.39. The van der Waals surface area contributed by atoms with E-state index in [2.05, 4.69) is 26.8 Å².